The van der Waals surface area contributed by atoms with Crippen molar-refractivity contribution in [3.63, 3.8) is 0 Å². The lowest BCUT2D eigenvalue weighted by Crippen LogP contribution is -2.15. The molecule has 0 fully saturated rings. The molecule has 0 aliphatic heterocycles. The van der Waals surface area contributed by atoms with Gasteiger partial charge in [0.1, 0.15) is 0 Å². The zero-order chi connectivity index (χ0) is 14.8. The maximum atomic E-state index is 11.8. The Morgan fingerprint density at radius 1 is 1.20 bits per heavy atom. The number of carboxylic acids is 1. The maximum Gasteiger partial charge on any atom is 0.303 e. The number of para-hydroxylation sites is 1. The molecule has 0 spiro atoms. The number of carbonyl (C=O) groups excluding carboxylic acids is 1. The van der Waals surface area contributed by atoms with Crippen LogP contribution in [-0.2, 0) is 20.7 Å². The number of rotatable bonds is 9. The van der Waals surface area contributed by atoms with Crippen LogP contribution < -0.4 is 5.32 Å². The highest BCUT2D eigenvalue weighted by Gasteiger charge is 2.08. The zero-order valence-electron chi connectivity index (χ0n) is 11.7. The van der Waals surface area contributed by atoms with Crippen molar-refractivity contribution in [3.05, 3.63) is 29.8 Å². The number of nitrogens with one attached hydrogen (secondary N) is 1. The predicted molar refractivity (Wildman–Crippen MR) is 76.8 cm³/mol. The van der Waals surface area contributed by atoms with Gasteiger partial charge in [-0.25, -0.2) is 0 Å². The number of aliphatic carboxylic acids is 1. The van der Waals surface area contributed by atoms with E-state index in [-0.39, 0.29) is 12.3 Å². The van der Waals surface area contributed by atoms with Gasteiger partial charge in [0.15, 0.2) is 0 Å². The van der Waals surface area contributed by atoms with Gasteiger partial charge in [0.05, 0.1) is 13.0 Å². The van der Waals surface area contributed by atoms with E-state index in [0.717, 1.165) is 12.0 Å². The number of benzene rings is 1. The van der Waals surface area contributed by atoms with Crippen molar-refractivity contribution in [3.8, 4) is 0 Å². The van der Waals surface area contributed by atoms with Crippen LogP contribution in [0.15, 0.2) is 24.3 Å². The molecule has 110 valence electrons. The second kappa shape index (κ2) is 9.09. The SMILES string of the molecule is CCCOCCC(=O)Nc1ccccc1CCC(=O)O. The van der Waals surface area contributed by atoms with Crippen molar-refractivity contribution in [2.75, 3.05) is 18.5 Å². The van der Waals surface area contributed by atoms with Gasteiger partial charge in [-0.15, -0.1) is 0 Å². The first-order valence-electron chi connectivity index (χ1n) is 6.80. The minimum atomic E-state index is -0.848. The summed E-state index contributed by atoms with van der Waals surface area (Å²) >= 11 is 0. The van der Waals surface area contributed by atoms with E-state index in [1.54, 1.807) is 6.07 Å². The Balaban J connectivity index is 2.49. The molecule has 0 saturated heterocycles. The zero-order valence-corrected chi connectivity index (χ0v) is 11.7. The Kier molecular flexibility index (Phi) is 7.35. The Morgan fingerprint density at radius 3 is 2.65 bits per heavy atom. The molecule has 0 radical (unpaired) electrons. The van der Waals surface area contributed by atoms with Gasteiger partial charge in [0.25, 0.3) is 0 Å². The summed E-state index contributed by atoms with van der Waals surface area (Å²) in [4.78, 5) is 22.4. The van der Waals surface area contributed by atoms with Crippen LogP contribution in [0.5, 0.6) is 0 Å². The van der Waals surface area contributed by atoms with E-state index >= 15 is 0 Å². The fourth-order valence-electron chi connectivity index (χ4n) is 1.73. The Bertz CT molecular complexity index is 445. The number of carboxylic acid groups (broad SMARTS) is 1. The summed E-state index contributed by atoms with van der Waals surface area (Å²) in [5, 5.41) is 11.5. The monoisotopic (exact) mass is 279 g/mol. The molecule has 5 nitrogen and oxygen atoms in total. The fraction of sp³-hybridized carbons (Fsp3) is 0.467. The van der Waals surface area contributed by atoms with Gasteiger partial charge in [-0.3, -0.25) is 9.59 Å². The molecule has 1 aromatic rings. The summed E-state index contributed by atoms with van der Waals surface area (Å²) in [6.45, 7) is 3.07. The highest BCUT2D eigenvalue weighted by molar-refractivity contribution is 5.91. The lowest BCUT2D eigenvalue weighted by atomic mass is 10.1. The average Bonchev–Trinajstić information content (AvgIpc) is 2.42. The summed E-state index contributed by atoms with van der Waals surface area (Å²) in [6, 6.07) is 7.25. The number of hydrogen-bond donors (Lipinski definition) is 2. The Morgan fingerprint density at radius 2 is 1.95 bits per heavy atom. The van der Waals surface area contributed by atoms with Gasteiger partial charge in [0.2, 0.25) is 5.91 Å². The van der Waals surface area contributed by atoms with Crippen molar-refractivity contribution < 1.29 is 19.4 Å². The maximum absolute atomic E-state index is 11.8. The van der Waals surface area contributed by atoms with Crippen LogP contribution in [0.4, 0.5) is 5.69 Å². The highest BCUT2D eigenvalue weighted by Crippen LogP contribution is 2.17. The lowest BCUT2D eigenvalue weighted by Gasteiger charge is -2.10. The van der Waals surface area contributed by atoms with Crippen molar-refractivity contribution in [2.45, 2.75) is 32.6 Å². The molecular weight excluding hydrogens is 258 g/mol. The number of hydrogen-bond acceptors (Lipinski definition) is 3. The number of amides is 1. The molecule has 5 heteroatoms. The minimum absolute atomic E-state index is 0.0481. The second-order valence-electron chi connectivity index (χ2n) is 4.46. The van der Waals surface area contributed by atoms with Gasteiger partial charge in [0, 0.05) is 18.7 Å². The largest absolute Gasteiger partial charge is 0.481 e. The molecule has 0 unspecified atom stereocenters. The molecule has 0 aliphatic rings. The fourth-order valence-corrected chi connectivity index (χ4v) is 1.73. The van der Waals surface area contributed by atoms with Crippen LogP contribution in [0.2, 0.25) is 0 Å². The summed E-state index contributed by atoms with van der Waals surface area (Å²) in [6.07, 6.45) is 1.68. The molecule has 0 atom stereocenters. The second-order valence-corrected chi connectivity index (χ2v) is 4.46. The molecule has 1 rings (SSSR count). The Labute approximate surface area is 118 Å². The summed E-state index contributed by atoms with van der Waals surface area (Å²) in [7, 11) is 0. The third kappa shape index (κ3) is 6.33. The molecule has 20 heavy (non-hydrogen) atoms. The summed E-state index contributed by atoms with van der Waals surface area (Å²) in [5.41, 5.74) is 1.51. The van der Waals surface area contributed by atoms with Crippen molar-refractivity contribution in [1.82, 2.24) is 0 Å². The number of anilines is 1. The van der Waals surface area contributed by atoms with Crippen LogP contribution in [0.1, 0.15) is 31.7 Å². The highest BCUT2D eigenvalue weighted by atomic mass is 16.5. The number of carbonyl (C=O) groups is 2. The van der Waals surface area contributed by atoms with E-state index < -0.39 is 5.97 Å². The van der Waals surface area contributed by atoms with Crippen molar-refractivity contribution in [2.24, 2.45) is 0 Å². The van der Waals surface area contributed by atoms with Crippen LogP contribution in [0.3, 0.4) is 0 Å². The minimum Gasteiger partial charge on any atom is -0.481 e. The Hall–Kier alpha value is -1.88. The summed E-state index contributed by atoms with van der Waals surface area (Å²) in [5.74, 6) is -0.969. The molecule has 0 aromatic heterocycles. The number of ether oxygens (including phenoxy) is 1. The van der Waals surface area contributed by atoms with Gasteiger partial charge >= 0.3 is 5.97 Å². The molecule has 0 heterocycles. The van der Waals surface area contributed by atoms with E-state index in [0.29, 0.717) is 31.7 Å². The quantitative estimate of drug-likeness (QED) is 0.681. The first-order chi connectivity index (χ1) is 9.63. The van der Waals surface area contributed by atoms with Crippen LogP contribution in [0.25, 0.3) is 0 Å². The van der Waals surface area contributed by atoms with E-state index in [9.17, 15) is 9.59 Å². The lowest BCUT2D eigenvalue weighted by molar-refractivity contribution is -0.137. The normalized spacial score (nSPS) is 10.2. The third-order valence-corrected chi connectivity index (χ3v) is 2.72. The standard InChI is InChI=1S/C15H21NO4/c1-2-10-20-11-9-14(17)16-13-6-4-3-5-12(13)7-8-15(18)19/h3-6H,2,7-11H2,1H3,(H,16,17)(H,18,19). The van der Waals surface area contributed by atoms with Gasteiger partial charge < -0.3 is 15.2 Å². The van der Waals surface area contributed by atoms with Crippen molar-refractivity contribution >= 4 is 17.6 Å². The average molecular weight is 279 g/mol. The predicted octanol–water partition coefficient (Wildman–Crippen LogP) is 2.46. The molecule has 1 aromatic carbocycles. The van der Waals surface area contributed by atoms with Crippen LogP contribution in [-0.4, -0.2) is 30.2 Å². The first-order valence-corrected chi connectivity index (χ1v) is 6.80. The molecule has 0 bridgehead atoms. The molecule has 0 aliphatic carbocycles. The van der Waals surface area contributed by atoms with Gasteiger partial charge in [-0.1, -0.05) is 25.1 Å². The molecule has 1 amide bonds. The molecular formula is C15H21NO4. The number of aryl methyl sites for hydroxylation is 1. The van der Waals surface area contributed by atoms with E-state index in [1.165, 1.54) is 0 Å². The van der Waals surface area contributed by atoms with E-state index in [1.807, 2.05) is 25.1 Å². The topological polar surface area (TPSA) is 75.6 Å². The van der Waals surface area contributed by atoms with Crippen molar-refractivity contribution in [1.29, 1.82) is 0 Å². The molecule has 2 N–H and O–H groups in total. The van der Waals surface area contributed by atoms with E-state index in [4.69, 9.17) is 9.84 Å². The first kappa shape index (κ1) is 16.2. The van der Waals surface area contributed by atoms with Gasteiger partial charge in [-0.05, 0) is 24.5 Å². The molecule has 0 saturated carbocycles. The van der Waals surface area contributed by atoms with Crippen LogP contribution in [0, 0.1) is 0 Å². The smallest absolute Gasteiger partial charge is 0.303 e. The summed E-state index contributed by atoms with van der Waals surface area (Å²) < 4.78 is 5.26. The van der Waals surface area contributed by atoms with E-state index in [2.05, 4.69) is 5.32 Å². The third-order valence-electron chi connectivity index (χ3n) is 2.72. The van der Waals surface area contributed by atoms with Crippen LogP contribution >= 0.6 is 0 Å². The van der Waals surface area contributed by atoms with Gasteiger partial charge in [-0.2, -0.15) is 0 Å².